The van der Waals surface area contributed by atoms with Gasteiger partial charge < -0.3 is 11.1 Å². The largest absolute Gasteiger partial charge is 0.398 e. The SMILES string of the molecule is Nc1cccc(CN2CCNC(=O)C2)c1Br. The number of amides is 1. The summed E-state index contributed by atoms with van der Waals surface area (Å²) in [7, 11) is 0. The number of hydrogen-bond donors (Lipinski definition) is 2. The maximum atomic E-state index is 11.2. The Hall–Kier alpha value is -1.07. The van der Waals surface area contributed by atoms with Gasteiger partial charge in [-0.05, 0) is 27.6 Å². The van der Waals surface area contributed by atoms with E-state index < -0.39 is 0 Å². The van der Waals surface area contributed by atoms with Crippen LogP contribution in [-0.4, -0.2) is 30.4 Å². The minimum Gasteiger partial charge on any atom is -0.398 e. The minimum atomic E-state index is 0.0891. The van der Waals surface area contributed by atoms with Gasteiger partial charge in [0.05, 0.1) is 6.54 Å². The number of anilines is 1. The summed E-state index contributed by atoms with van der Waals surface area (Å²) < 4.78 is 0.931. The second kappa shape index (κ2) is 4.84. The van der Waals surface area contributed by atoms with E-state index in [4.69, 9.17) is 5.73 Å². The topological polar surface area (TPSA) is 58.4 Å². The summed E-state index contributed by atoms with van der Waals surface area (Å²) in [4.78, 5) is 13.3. The molecular weight excluding hydrogens is 270 g/mol. The fourth-order valence-electron chi connectivity index (χ4n) is 1.79. The van der Waals surface area contributed by atoms with Gasteiger partial charge >= 0.3 is 0 Å². The van der Waals surface area contributed by atoms with E-state index in [9.17, 15) is 4.79 Å². The Morgan fingerprint density at radius 2 is 2.31 bits per heavy atom. The van der Waals surface area contributed by atoms with Crippen molar-refractivity contribution < 1.29 is 4.79 Å². The molecule has 1 heterocycles. The fourth-order valence-corrected chi connectivity index (χ4v) is 2.18. The molecule has 1 aliphatic heterocycles. The number of benzene rings is 1. The third kappa shape index (κ3) is 2.54. The van der Waals surface area contributed by atoms with Crippen LogP contribution in [0.1, 0.15) is 5.56 Å². The van der Waals surface area contributed by atoms with E-state index >= 15 is 0 Å². The number of halogens is 1. The lowest BCUT2D eigenvalue weighted by Crippen LogP contribution is -2.47. The molecule has 0 bridgehead atoms. The van der Waals surface area contributed by atoms with Crippen LogP contribution in [0.4, 0.5) is 5.69 Å². The zero-order valence-corrected chi connectivity index (χ0v) is 10.5. The van der Waals surface area contributed by atoms with Crippen molar-refractivity contribution in [2.45, 2.75) is 6.54 Å². The second-order valence-corrected chi connectivity index (χ2v) is 4.67. The van der Waals surface area contributed by atoms with Crippen LogP contribution in [0, 0.1) is 0 Å². The molecule has 0 radical (unpaired) electrons. The predicted octanol–water partition coefficient (Wildman–Crippen LogP) is 0.963. The average molecular weight is 284 g/mol. The van der Waals surface area contributed by atoms with E-state index in [1.165, 1.54) is 0 Å². The monoisotopic (exact) mass is 283 g/mol. The highest BCUT2D eigenvalue weighted by molar-refractivity contribution is 9.10. The fraction of sp³-hybridized carbons (Fsp3) is 0.364. The van der Waals surface area contributed by atoms with Crippen LogP contribution in [-0.2, 0) is 11.3 Å². The molecule has 1 aromatic carbocycles. The lowest BCUT2D eigenvalue weighted by atomic mass is 10.2. The van der Waals surface area contributed by atoms with Crippen LogP contribution in [0.15, 0.2) is 22.7 Å². The van der Waals surface area contributed by atoms with Crippen molar-refractivity contribution >= 4 is 27.5 Å². The molecule has 1 aromatic rings. The first-order valence-corrected chi connectivity index (χ1v) is 5.98. The number of hydrogen-bond acceptors (Lipinski definition) is 3. The first kappa shape index (κ1) is 11.4. The molecule has 1 fully saturated rings. The van der Waals surface area contributed by atoms with Crippen molar-refractivity contribution in [1.82, 2.24) is 10.2 Å². The van der Waals surface area contributed by atoms with E-state index in [0.717, 1.165) is 35.4 Å². The summed E-state index contributed by atoms with van der Waals surface area (Å²) >= 11 is 3.47. The van der Waals surface area contributed by atoms with Crippen LogP contribution >= 0.6 is 15.9 Å². The molecule has 16 heavy (non-hydrogen) atoms. The zero-order valence-electron chi connectivity index (χ0n) is 8.87. The molecule has 4 nitrogen and oxygen atoms in total. The Bertz CT molecular complexity index is 408. The number of nitrogen functional groups attached to an aromatic ring is 1. The van der Waals surface area contributed by atoms with Crippen molar-refractivity contribution in [3.8, 4) is 0 Å². The molecule has 5 heteroatoms. The highest BCUT2D eigenvalue weighted by atomic mass is 79.9. The number of nitrogens with two attached hydrogens (primary N) is 1. The van der Waals surface area contributed by atoms with E-state index in [-0.39, 0.29) is 5.91 Å². The summed E-state index contributed by atoms with van der Waals surface area (Å²) in [6.45, 7) is 2.81. The number of piperazine rings is 1. The molecule has 0 atom stereocenters. The molecular formula is C11H14BrN3O. The maximum Gasteiger partial charge on any atom is 0.234 e. The van der Waals surface area contributed by atoms with Crippen LogP contribution in [0.3, 0.4) is 0 Å². The van der Waals surface area contributed by atoms with E-state index in [0.29, 0.717) is 6.54 Å². The molecule has 0 aliphatic carbocycles. The average Bonchev–Trinajstić information content (AvgIpc) is 2.25. The second-order valence-electron chi connectivity index (χ2n) is 3.88. The van der Waals surface area contributed by atoms with Gasteiger partial charge in [0.2, 0.25) is 5.91 Å². The lowest BCUT2D eigenvalue weighted by molar-refractivity contribution is -0.124. The normalized spacial score (nSPS) is 17.2. The first-order valence-electron chi connectivity index (χ1n) is 5.19. The van der Waals surface area contributed by atoms with Gasteiger partial charge in [0.15, 0.2) is 0 Å². The van der Waals surface area contributed by atoms with Gasteiger partial charge in [-0.3, -0.25) is 9.69 Å². The van der Waals surface area contributed by atoms with Gasteiger partial charge in [-0.2, -0.15) is 0 Å². The summed E-state index contributed by atoms with van der Waals surface area (Å²) in [6.07, 6.45) is 0. The number of carbonyl (C=O) groups excluding carboxylic acids is 1. The Morgan fingerprint density at radius 3 is 3.06 bits per heavy atom. The molecule has 0 spiro atoms. The zero-order chi connectivity index (χ0) is 11.5. The van der Waals surface area contributed by atoms with Crippen LogP contribution in [0.2, 0.25) is 0 Å². The van der Waals surface area contributed by atoms with Gasteiger partial charge in [0.25, 0.3) is 0 Å². The Kier molecular flexibility index (Phi) is 3.46. The number of nitrogens with one attached hydrogen (secondary N) is 1. The summed E-state index contributed by atoms with van der Waals surface area (Å²) in [5.41, 5.74) is 7.66. The Balaban J connectivity index is 2.08. The quantitative estimate of drug-likeness (QED) is 0.795. The van der Waals surface area contributed by atoms with Crippen molar-refractivity contribution in [3.05, 3.63) is 28.2 Å². The van der Waals surface area contributed by atoms with E-state index in [1.54, 1.807) is 0 Å². The van der Waals surface area contributed by atoms with Gasteiger partial charge in [0, 0.05) is 29.8 Å². The molecule has 1 amide bonds. The van der Waals surface area contributed by atoms with E-state index in [2.05, 4.69) is 26.1 Å². The molecule has 2 rings (SSSR count). The van der Waals surface area contributed by atoms with Gasteiger partial charge in [-0.15, -0.1) is 0 Å². The molecule has 0 unspecified atom stereocenters. The van der Waals surface area contributed by atoms with E-state index in [1.807, 2.05) is 18.2 Å². The third-order valence-electron chi connectivity index (χ3n) is 2.62. The van der Waals surface area contributed by atoms with Crippen molar-refractivity contribution in [2.75, 3.05) is 25.4 Å². The van der Waals surface area contributed by atoms with Crippen LogP contribution < -0.4 is 11.1 Å². The van der Waals surface area contributed by atoms with Gasteiger partial charge in [-0.1, -0.05) is 12.1 Å². The van der Waals surface area contributed by atoms with Gasteiger partial charge in [0.1, 0.15) is 0 Å². The highest BCUT2D eigenvalue weighted by Gasteiger charge is 2.17. The molecule has 3 N–H and O–H groups in total. The number of nitrogens with zero attached hydrogens (tertiary/aromatic N) is 1. The third-order valence-corrected chi connectivity index (χ3v) is 3.59. The number of carbonyl (C=O) groups is 1. The summed E-state index contributed by atoms with van der Waals surface area (Å²) in [6, 6.07) is 5.81. The molecule has 86 valence electrons. The molecule has 1 aliphatic rings. The smallest absolute Gasteiger partial charge is 0.234 e. The standard InChI is InChI=1S/C11H14BrN3O/c12-11-8(2-1-3-9(11)13)6-15-5-4-14-10(16)7-15/h1-3H,4-7,13H2,(H,14,16). The first-order chi connectivity index (χ1) is 7.66. The molecule has 1 saturated heterocycles. The highest BCUT2D eigenvalue weighted by Crippen LogP contribution is 2.24. The summed E-state index contributed by atoms with van der Waals surface area (Å²) in [5, 5.41) is 2.81. The maximum absolute atomic E-state index is 11.2. The van der Waals surface area contributed by atoms with Crippen LogP contribution in [0.5, 0.6) is 0 Å². The van der Waals surface area contributed by atoms with Crippen molar-refractivity contribution in [3.63, 3.8) is 0 Å². The molecule has 0 saturated carbocycles. The van der Waals surface area contributed by atoms with Crippen molar-refractivity contribution in [1.29, 1.82) is 0 Å². The minimum absolute atomic E-state index is 0.0891. The predicted molar refractivity (Wildman–Crippen MR) is 66.8 cm³/mol. The Morgan fingerprint density at radius 1 is 1.50 bits per heavy atom. The van der Waals surface area contributed by atoms with Crippen molar-refractivity contribution in [2.24, 2.45) is 0 Å². The molecule has 0 aromatic heterocycles. The van der Waals surface area contributed by atoms with Crippen LogP contribution in [0.25, 0.3) is 0 Å². The summed E-state index contributed by atoms with van der Waals surface area (Å²) in [5.74, 6) is 0.0891. The number of rotatable bonds is 2. The van der Waals surface area contributed by atoms with Gasteiger partial charge in [-0.25, -0.2) is 0 Å². The Labute approximate surface area is 103 Å². The lowest BCUT2D eigenvalue weighted by Gasteiger charge is -2.26.